The lowest BCUT2D eigenvalue weighted by Crippen LogP contribution is -2.09. The fourth-order valence-corrected chi connectivity index (χ4v) is 1.90. The molecule has 4 nitrogen and oxygen atoms in total. The molecule has 22 heavy (non-hydrogen) atoms. The summed E-state index contributed by atoms with van der Waals surface area (Å²) in [6, 6.07) is 15.2. The summed E-state index contributed by atoms with van der Waals surface area (Å²) < 4.78 is 16.7. The number of hydrogen-bond acceptors (Lipinski definition) is 4. The molecule has 2 aromatic rings. The maximum absolute atomic E-state index is 11.6. The van der Waals surface area contributed by atoms with E-state index in [2.05, 4.69) is 0 Å². The van der Waals surface area contributed by atoms with Gasteiger partial charge in [0.1, 0.15) is 6.61 Å². The predicted molar refractivity (Wildman–Crippen MR) is 84.3 cm³/mol. The Labute approximate surface area is 130 Å². The van der Waals surface area contributed by atoms with Gasteiger partial charge in [-0.05, 0) is 24.6 Å². The molecular weight excluding hydrogens is 280 g/mol. The zero-order valence-electron chi connectivity index (χ0n) is 12.9. The number of benzene rings is 2. The number of rotatable bonds is 7. The van der Waals surface area contributed by atoms with Gasteiger partial charge in [-0.3, -0.25) is 4.79 Å². The molecule has 0 saturated carbocycles. The van der Waals surface area contributed by atoms with Crippen LogP contribution in [0.5, 0.6) is 17.2 Å². The van der Waals surface area contributed by atoms with Gasteiger partial charge in [-0.1, -0.05) is 43.3 Å². The van der Waals surface area contributed by atoms with E-state index in [1.54, 1.807) is 19.1 Å². The summed E-state index contributed by atoms with van der Waals surface area (Å²) in [6.07, 6.45) is 0.290. The number of ether oxygens (including phenoxy) is 3. The fraction of sp³-hybridized carbons (Fsp3) is 0.278. The molecule has 116 valence electrons. The molecule has 0 radical (unpaired) electrons. The molecule has 0 saturated heterocycles. The van der Waals surface area contributed by atoms with Gasteiger partial charge >= 0.3 is 5.97 Å². The third kappa shape index (κ3) is 4.25. The van der Waals surface area contributed by atoms with Crippen LogP contribution in [0.15, 0.2) is 48.5 Å². The van der Waals surface area contributed by atoms with Crippen molar-refractivity contribution in [1.29, 1.82) is 0 Å². The minimum atomic E-state index is -0.322. The molecule has 4 heteroatoms. The van der Waals surface area contributed by atoms with Crippen molar-refractivity contribution in [2.45, 2.75) is 26.9 Å². The van der Waals surface area contributed by atoms with Crippen molar-refractivity contribution in [2.75, 3.05) is 6.61 Å². The van der Waals surface area contributed by atoms with Crippen LogP contribution in [-0.4, -0.2) is 12.6 Å². The van der Waals surface area contributed by atoms with Gasteiger partial charge in [-0.25, -0.2) is 0 Å². The van der Waals surface area contributed by atoms with Gasteiger partial charge in [-0.2, -0.15) is 0 Å². The molecule has 0 fully saturated rings. The van der Waals surface area contributed by atoms with Crippen LogP contribution in [0.2, 0.25) is 0 Å². The van der Waals surface area contributed by atoms with E-state index in [0.717, 1.165) is 5.56 Å². The summed E-state index contributed by atoms with van der Waals surface area (Å²) in [6.45, 7) is 4.50. The predicted octanol–water partition coefficient (Wildman–Crippen LogP) is 3.98. The molecule has 0 heterocycles. The molecule has 2 aromatic carbocycles. The summed E-state index contributed by atoms with van der Waals surface area (Å²) in [4.78, 5) is 11.6. The summed E-state index contributed by atoms with van der Waals surface area (Å²) >= 11 is 0. The molecule has 0 amide bonds. The Balaban J connectivity index is 2.21. The van der Waals surface area contributed by atoms with Gasteiger partial charge in [-0.15, -0.1) is 0 Å². The SMILES string of the molecule is CCOc1cccc(OCc2ccccc2)c1OC(=O)CC. The Morgan fingerprint density at radius 2 is 1.59 bits per heavy atom. The maximum Gasteiger partial charge on any atom is 0.311 e. The smallest absolute Gasteiger partial charge is 0.311 e. The Hall–Kier alpha value is -2.49. The van der Waals surface area contributed by atoms with Crippen molar-refractivity contribution in [3.63, 3.8) is 0 Å². The highest BCUT2D eigenvalue weighted by molar-refractivity contribution is 5.74. The summed E-state index contributed by atoms with van der Waals surface area (Å²) in [5, 5.41) is 0. The zero-order chi connectivity index (χ0) is 15.8. The lowest BCUT2D eigenvalue weighted by molar-refractivity contribution is -0.134. The lowest BCUT2D eigenvalue weighted by Gasteiger charge is -2.15. The van der Waals surface area contributed by atoms with Gasteiger partial charge in [0.25, 0.3) is 0 Å². The van der Waals surface area contributed by atoms with E-state index < -0.39 is 0 Å². The monoisotopic (exact) mass is 300 g/mol. The topological polar surface area (TPSA) is 44.8 Å². The Morgan fingerprint density at radius 1 is 0.909 bits per heavy atom. The first-order chi connectivity index (χ1) is 10.7. The number of carbonyl (C=O) groups is 1. The van der Waals surface area contributed by atoms with E-state index in [4.69, 9.17) is 14.2 Å². The number of esters is 1. The van der Waals surface area contributed by atoms with E-state index in [9.17, 15) is 4.79 Å². The van der Waals surface area contributed by atoms with Crippen LogP contribution in [0.4, 0.5) is 0 Å². The first kappa shape index (κ1) is 15.9. The van der Waals surface area contributed by atoms with Crippen LogP contribution in [0.3, 0.4) is 0 Å². The van der Waals surface area contributed by atoms with E-state index in [0.29, 0.717) is 36.9 Å². The highest BCUT2D eigenvalue weighted by Gasteiger charge is 2.15. The average molecular weight is 300 g/mol. The van der Waals surface area contributed by atoms with Crippen LogP contribution in [0, 0.1) is 0 Å². The van der Waals surface area contributed by atoms with Crippen molar-refractivity contribution in [1.82, 2.24) is 0 Å². The number of hydrogen-bond donors (Lipinski definition) is 0. The standard InChI is InChI=1S/C18H20O4/c1-3-17(19)22-18-15(20-4-2)11-8-12-16(18)21-13-14-9-6-5-7-10-14/h5-12H,3-4,13H2,1-2H3. The van der Waals surface area contributed by atoms with E-state index in [-0.39, 0.29) is 5.97 Å². The molecule has 0 aliphatic rings. The molecule has 0 aliphatic heterocycles. The van der Waals surface area contributed by atoms with E-state index in [1.807, 2.05) is 43.3 Å². The third-order valence-electron chi connectivity index (χ3n) is 2.98. The molecule has 0 atom stereocenters. The second kappa shape index (κ2) is 8.08. The van der Waals surface area contributed by atoms with Crippen LogP contribution in [0.1, 0.15) is 25.8 Å². The van der Waals surface area contributed by atoms with Gasteiger partial charge in [0, 0.05) is 6.42 Å². The Kier molecular flexibility index (Phi) is 5.83. The van der Waals surface area contributed by atoms with Crippen molar-refractivity contribution in [3.05, 3.63) is 54.1 Å². The highest BCUT2D eigenvalue weighted by Crippen LogP contribution is 2.38. The minimum Gasteiger partial charge on any atom is -0.490 e. The second-order valence-electron chi connectivity index (χ2n) is 4.62. The minimum absolute atomic E-state index is 0.290. The van der Waals surface area contributed by atoms with Crippen LogP contribution < -0.4 is 14.2 Å². The largest absolute Gasteiger partial charge is 0.490 e. The highest BCUT2D eigenvalue weighted by atomic mass is 16.6. The Morgan fingerprint density at radius 3 is 2.23 bits per heavy atom. The Bertz CT molecular complexity index is 608. The maximum atomic E-state index is 11.6. The third-order valence-corrected chi connectivity index (χ3v) is 2.98. The molecule has 0 aromatic heterocycles. The number of carbonyl (C=O) groups excluding carboxylic acids is 1. The van der Waals surface area contributed by atoms with Crippen LogP contribution in [0.25, 0.3) is 0 Å². The summed E-state index contributed by atoms with van der Waals surface area (Å²) in [5.74, 6) is 1.02. The van der Waals surface area contributed by atoms with E-state index in [1.165, 1.54) is 0 Å². The van der Waals surface area contributed by atoms with Gasteiger partial charge in [0.05, 0.1) is 6.61 Å². The molecule has 0 spiro atoms. The van der Waals surface area contributed by atoms with Gasteiger partial charge in [0.15, 0.2) is 11.5 Å². The quantitative estimate of drug-likeness (QED) is 0.573. The first-order valence-corrected chi connectivity index (χ1v) is 7.37. The van der Waals surface area contributed by atoms with Crippen molar-refractivity contribution in [2.24, 2.45) is 0 Å². The van der Waals surface area contributed by atoms with Gasteiger partial charge < -0.3 is 14.2 Å². The molecule has 0 N–H and O–H groups in total. The van der Waals surface area contributed by atoms with Crippen molar-refractivity contribution in [3.8, 4) is 17.2 Å². The average Bonchev–Trinajstić information content (AvgIpc) is 2.56. The second-order valence-corrected chi connectivity index (χ2v) is 4.62. The summed E-state index contributed by atoms with van der Waals surface area (Å²) in [7, 11) is 0. The molecular formula is C18H20O4. The van der Waals surface area contributed by atoms with Crippen molar-refractivity contribution >= 4 is 5.97 Å². The molecule has 2 rings (SSSR count). The summed E-state index contributed by atoms with van der Waals surface area (Å²) in [5.41, 5.74) is 1.04. The molecule has 0 aliphatic carbocycles. The van der Waals surface area contributed by atoms with Crippen molar-refractivity contribution < 1.29 is 19.0 Å². The van der Waals surface area contributed by atoms with Gasteiger partial charge in [0.2, 0.25) is 5.75 Å². The number of para-hydroxylation sites is 1. The lowest BCUT2D eigenvalue weighted by atomic mass is 10.2. The zero-order valence-corrected chi connectivity index (χ0v) is 12.9. The van der Waals surface area contributed by atoms with E-state index >= 15 is 0 Å². The molecule has 0 bridgehead atoms. The van der Waals surface area contributed by atoms with Crippen LogP contribution >= 0.6 is 0 Å². The van der Waals surface area contributed by atoms with Crippen LogP contribution in [-0.2, 0) is 11.4 Å². The first-order valence-electron chi connectivity index (χ1n) is 7.37. The molecule has 0 unspecified atom stereocenters. The normalized spacial score (nSPS) is 10.1. The fourth-order valence-electron chi connectivity index (χ4n) is 1.90.